The van der Waals surface area contributed by atoms with E-state index in [-0.39, 0.29) is 17.5 Å². The van der Waals surface area contributed by atoms with Crippen molar-refractivity contribution in [1.82, 2.24) is 4.90 Å². The van der Waals surface area contributed by atoms with Crippen LogP contribution >= 0.6 is 0 Å². The van der Waals surface area contributed by atoms with Crippen LogP contribution in [0.25, 0.3) is 6.08 Å². The third-order valence-corrected chi connectivity index (χ3v) is 8.90. The summed E-state index contributed by atoms with van der Waals surface area (Å²) in [6.07, 6.45) is 3.75. The molecule has 0 aromatic heterocycles. The lowest BCUT2D eigenvalue weighted by Crippen LogP contribution is -2.49. The Balaban J connectivity index is 1.47. The fourth-order valence-electron chi connectivity index (χ4n) is 7.13. The molecule has 0 bridgehead atoms. The monoisotopic (exact) mass is 584 g/mol. The largest absolute Gasteiger partial charge is 0.497 e. The van der Waals surface area contributed by atoms with Crippen molar-refractivity contribution in [3.8, 4) is 11.5 Å². The number of anilines is 1. The number of fused-ring (bicyclic) bond motifs is 6. The van der Waals surface area contributed by atoms with Gasteiger partial charge < -0.3 is 19.7 Å². The summed E-state index contributed by atoms with van der Waals surface area (Å²) in [5, 5.41) is 3.05. The highest BCUT2D eigenvalue weighted by Gasteiger charge is 2.70. The predicted molar refractivity (Wildman–Crippen MR) is 163 cm³/mol. The number of hydrogen-bond acceptors (Lipinski definition) is 7. The summed E-state index contributed by atoms with van der Waals surface area (Å²) >= 11 is 0. The Bertz CT molecular complexity index is 1860. The Labute approximate surface area is 253 Å². The van der Waals surface area contributed by atoms with Crippen LogP contribution in [0, 0.1) is 5.92 Å². The molecule has 0 aliphatic carbocycles. The van der Waals surface area contributed by atoms with Gasteiger partial charge in [-0.1, -0.05) is 42.5 Å². The van der Waals surface area contributed by atoms with Gasteiger partial charge in [-0.3, -0.25) is 19.2 Å². The van der Waals surface area contributed by atoms with Crippen molar-refractivity contribution < 1.29 is 28.7 Å². The molecule has 4 atom stereocenters. The number of methoxy groups -OCH3 is 1. The number of benzene rings is 4. The summed E-state index contributed by atoms with van der Waals surface area (Å²) in [6.45, 7) is 1.30. The van der Waals surface area contributed by atoms with E-state index in [1.54, 1.807) is 55.6 Å². The van der Waals surface area contributed by atoms with Crippen molar-refractivity contribution in [2.24, 2.45) is 5.92 Å². The van der Waals surface area contributed by atoms with Gasteiger partial charge in [0.2, 0.25) is 5.91 Å². The summed E-state index contributed by atoms with van der Waals surface area (Å²) in [5.41, 5.74) is 2.34. The molecule has 1 spiro atoms. The van der Waals surface area contributed by atoms with Crippen LogP contribution in [-0.2, 0) is 15.0 Å². The summed E-state index contributed by atoms with van der Waals surface area (Å²) in [4.78, 5) is 57.4. The van der Waals surface area contributed by atoms with Gasteiger partial charge in [-0.15, -0.1) is 0 Å². The Kier molecular flexibility index (Phi) is 6.43. The zero-order chi connectivity index (χ0) is 30.6. The lowest BCUT2D eigenvalue weighted by molar-refractivity contribution is -0.131. The molecule has 7 rings (SSSR count). The quantitative estimate of drug-likeness (QED) is 0.179. The molecule has 1 fully saturated rings. The second kappa shape index (κ2) is 10.3. The first-order valence-electron chi connectivity index (χ1n) is 14.3. The number of ether oxygens (including phenoxy) is 2. The van der Waals surface area contributed by atoms with Gasteiger partial charge in [-0.25, -0.2) is 0 Å². The summed E-state index contributed by atoms with van der Waals surface area (Å²) in [7, 11) is 1.55. The minimum atomic E-state index is -1.42. The molecule has 0 saturated carbocycles. The standard InChI is InChI=1S/C36H28N2O6/c1-21(39)44-26-17-13-24(14-18-26)33(41)31-30(32(40)23-11-15-25(43-2)16-12-23)36(28-9-5-6-10-29(28)37-35(36)42)34-27-8-4-3-7-22(27)19-20-38(31)34/h3-20,30-31,34H,1-2H3,(H,37,42)/t30-,31+,34-,36+/m1/s1. The molecule has 3 aliphatic heterocycles. The van der Waals surface area contributed by atoms with Gasteiger partial charge in [0.05, 0.1) is 19.1 Å². The van der Waals surface area contributed by atoms with E-state index in [0.29, 0.717) is 33.9 Å². The van der Waals surface area contributed by atoms with Gasteiger partial charge in [0, 0.05) is 29.9 Å². The number of ketones is 2. The third-order valence-electron chi connectivity index (χ3n) is 8.90. The van der Waals surface area contributed by atoms with Crippen LogP contribution in [0.1, 0.15) is 50.4 Å². The van der Waals surface area contributed by atoms with E-state index in [4.69, 9.17) is 9.47 Å². The molecule has 1 amide bonds. The minimum Gasteiger partial charge on any atom is -0.497 e. The average Bonchev–Trinajstić information content (AvgIpc) is 3.52. The molecule has 44 heavy (non-hydrogen) atoms. The van der Waals surface area contributed by atoms with Gasteiger partial charge in [-0.2, -0.15) is 0 Å². The molecule has 0 radical (unpaired) electrons. The zero-order valence-corrected chi connectivity index (χ0v) is 24.0. The number of para-hydroxylation sites is 1. The Morgan fingerprint density at radius 1 is 0.795 bits per heavy atom. The maximum absolute atomic E-state index is 14.9. The Morgan fingerprint density at radius 3 is 2.14 bits per heavy atom. The summed E-state index contributed by atoms with van der Waals surface area (Å²) in [6, 6.07) is 26.5. The van der Waals surface area contributed by atoms with Crippen LogP contribution < -0.4 is 14.8 Å². The van der Waals surface area contributed by atoms with Crippen LogP contribution in [0.2, 0.25) is 0 Å². The Morgan fingerprint density at radius 2 is 1.43 bits per heavy atom. The average molecular weight is 585 g/mol. The molecular weight excluding hydrogens is 556 g/mol. The van der Waals surface area contributed by atoms with E-state index >= 15 is 0 Å². The van der Waals surface area contributed by atoms with Crippen molar-refractivity contribution in [3.63, 3.8) is 0 Å². The van der Waals surface area contributed by atoms with E-state index in [1.807, 2.05) is 65.7 Å². The molecule has 218 valence electrons. The van der Waals surface area contributed by atoms with E-state index in [9.17, 15) is 19.2 Å². The second-order valence-electron chi connectivity index (χ2n) is 11.2. The first-order chi connectivity index (χ1) is 21.3. The normalized spacial score (nSPS) is 22.5. The summed E-state index contributed by atoms with van der Waals surface area (Å²) in [5.74, 6) is -1.66. The van der Waals surface area contributed by atoms with Crippen molar-refractivity contribution in [2.75, 3.05) is 12.4 Å². The number of Topliss-reactive ketones (excluding diaryl/α,β-unsaturated/α-hetero) is 2. The van der Waals surface area contributed by atoms with Gasteiger partial charge in [0.25, 0.3) is 0 Å². The molecule has 3 heterocycles. The summed E-state index contributed by atoms with van der Waals surface area (Å²) < 4.78 is 10.5. The van der Waals surface area contributed by atoms with Crippen LogP contribution in [0.3, 0.4) is 0 Å². The van der Waals surface area contributed by atoms with Gasteiger partial charge >= 0.3 is 5.97 Å². The lowest BCUT2D eigenvalue weighted by atomic mass is 9.62. The highest BCUT2D eigenvalue weighted by Crippen LogP contribution is 2.62. The predicted octanol–water partition coefficient (Wildman–Crippen LogP) is 5.60. The minimum absolute atomic E-state index is 0.302. The third kappa shape index (κ3) is 3.98. The zero-order valence-electron chi connectivity index (χ0n) is 24.0. The number of hydrogen-bond donors (Lipinski definition) is 1. The van der Waals surface area contributed by atoms with Crippen molar-refractivity contribution in [3.05, 3.63) is 131 Å². The number of carbonyl (C=O) groups is 4. The van der Waals surface area contributed by atoms with Crippen LogP contribution in [0.5, 0.6) is 11.5 Å². The number of carbonyl (C=O) groups excluding carboxylic acids is 4. The van der Waals surface area contributed by atoms with Crippen LogP contribution in [-0.4, -0.2) is 41.5 Å². The van der Waals surface area contributed by atoms with Gasteiger partial charge in [-0.05, 0) is 77.4 Å². The molecule has 4 aromatic carbocycles. The molecule has 8 heteroatoms. The number of nitrogens with zero attached hydrogens (tertiary/aromatic N) is 1. The number of rotatable bonds is 6. The highest BCUT2D eigenvalue weighted by atomic mass is 16.5. The number of nitrogens with one attached hydrogen (secondary N) is 1. The topological polar surface area (TPSA) is 102 Å². The SMILES string of the molecule is COc1ccc(C(=O)[C@H]2[C@@H](C(=O)c3ccc(OC(C)=O)cc3)N3C=Cc4ccccc4[C@@H]3[C@@]23C(=O)Nc2ccccc23)cc1. The molecule has 3 aliphatic rings. The lowest BCUT2D eigenvalue weighted by Gasteiger charge is -2.38. The van der Waals surface area contributed by atoms with Crippen LogP contribution in [0.4, 0.5) is 5.69 Å². The van der Waals surface area contributed by atoms with Gasteiger partial charge in [0.1, 0.15) is 23.0 Å². The van der Waals surface area contributed by atoms with Crippen molar-refractivity contribution in [1.29, 1.82) is 0 Å². The fourth-order valence-corrected chi connectivity index (χ4v) is 7.13. The molecule has 8 nitrogen and oxygen atoms in total. The van der Waals surface area contributed by atoms with E-state index in [0.717, 1.165) is 11.1 Å². The Hall–Kier alpha value is -5.50. The fraction of sp³-hybridized carbons (Fsp3) is 0.167. The first-order valence-corrected chi connectivity index (χ1v) is 14.3. The van der Waals surface area contributed by atoms with E-state index in [1.165, 1.54) is 6.92 Å². The van der Waals surface area contributed by atoms with E-state index < -0.39 is 29.4 Å². The highest BCUT2D eigenvalue weighted by molar-refractivity contribution is 6.16. The maximum atomic E-state index is 14.9. The first kappa shape index (κ1) is 27.3. The van der Waals surface area contributed by atoms with Crippen molar-refractivity contribution in [2.45, 2.75) is 24.4 Å². The number of esters is 1. The van der Waals surface area contributed by atoms with E-state index in [2.05, 4.69) is 5.32 Å². The van der Waals surface area contributed by atoms with Gasteiger partial charge in [0.15, 0.2) is 11.6 Å². The van der Waals surface area contributed by atoms with Crippen LogP contribution in [0.15, 0.2) is 103 Å². The molecular formula is C36H28N2O6. The molecule has 0 unspecified atom stereocenters. The maximum Gasteiger partial charge on any atom is 0.308 e. The molecule has 1 saturated heterocycles. The molecule has 4 aromatic rings. The molecule has 1 N–H and O–H groups in total. The number of amides is 1. The van der Waals surface area contributed by atoms with Crippen molar-refractivity contribution >= 4 is 35.2 Å². The smallest absolute Gasteiger partial charge is 0.308 e. The second-order valence-corrected chi connectivity index (χ2v) is 11.2.